The zero-order valence-corrected chi connectivity index (χ0v) is 20.5. The number of methoxy groups -OCH3 is 1. The second-order valence-corrected chi connectivity index (χ2v) is 8.64. The van der Waals surface area contributed by atoms with E-state index in [0.29, 0.717) is 45.0 Å². The summed E-state index contributed by atoms with van der Waals surface area (Å²) >= 11 is 6.03. The molecule has 0 aliphatic carbocycles. The van der Waals surface area contributed by atoms with Gasteiger partial charge in [-0.1, -0.05) is 54.1 Å². The predicted octanol–water partition coefficient (Wildman–Crippen LogP) is 5.45. The highest BCUT2D eigenvalue weighted by Gasteiger charge is 2.36. The van der Waals surface area contributed by atoms with Crippen LogP contribution in [-0.2, 0) is 11.4 Å². The van der Waals surface area contributed by atoms with E-state index < -0.39 is 6.04 Å². The summed E-state index contributed by atoms with van der Waals surface area (Å²) in [6, 6.07) is 21.7. The van der Waals surface area contributed by atoms with Crippen molar-refractivity contribution in [3.63, 3.8) is 0 Å². The van der Waals surface area contributed by atoms with Gasteiger partial charge >= 0.3 is 0 Å². The number of ether oxygens (including phenoxy) is 2. The first kappa shape index (κ1) is 23.4. The third-order valence-corrected chi connectivity index (χ3v) is 6.14. The van der Waals surface area contributed by atoms with Gasteiger partial charge in [0, 0.05) is 22.0 Å². The van der Waals surface area contributed by atoms with Gasteiger partial charge in [-0.2, -0.15) is 10.1 Å². The molecule has 3 aromatic carbocycles. The first-order chi connectivity index (χ1) is 17.5. The highest BCUT2D eigenvalue weighted by atomic mass is 35.5. The lowest BCUT2D eigenvalue weighted by molar-refractivity contribution is -0.113. The van der Waals surface area contributed by atoms with E-state index in [9.17, 15) is 4.79 Å². The maximum Gasteiger partial charge on any atom is 0.255 e. The van der Waals surface area contributed by atoms with Crippen LogP contribution in [0.4, 0.5) is 11.6 Å². The third kappa shape index (κ3) is 4.63. The van der Waals surface area contributed by atoms with E-state index >= 15 is 0 Å². The number of nitrogens with one attached hydrogen (secondary N) is 2. The van der Waals surface area contributed by atoms with Crippen molar-refractivity contribution in [1.82, 2.24) is 14.8 Å². The van der Waals surface area contributed by atoms with Crippen molar-refractivity contribution in [2.75, 3.05) is 17.7 Å². The molecule has 0 saturated carbocycles. The third-order valence-electron chi connectivity index (χ3n) is 5.89. The summed E-state index contributed by atoms with van der Waals surface area (Å²) in [6.45, 7) is 2.13. The van der Waals surface area contributed by atoms with Crippen molar-refractivity contribution in [2.24, 2.45) is 0 Å². The maximum atomic E-state index is 13.6. The van der Waals surface area contributed by atoms with Crippen LogP contribution >= 0.6 is 11.6 Å². The van der Waals surface area contributed by atoms with Gasteiger partial charge < -0.3 is 20.1 Å². The van der Waals surface area contributed by atoms with E-state index in [0.717, 1.165) is 5.56 Å². The average molecular weight is 502 g/mol. The van der Waals surface area contributed by atoms with Crippen LogP contribution in [0.5, 0.6) is 11.5 Å². The number of amides is 1. The fourth-order valence-electron chi connectivity index (χ4n) is 4.19. The maximum absolute atomic E-state index is 13.6. The minimum Gasteiger partial charge on any atom is -0.493 e. The quantitative estimate of drug-likeness (QED) is 0.350. The lowest BCUT2D eigenvalue weighted by Gasteiger charge is -2.30. The molecule has 4 aromatic rings. The lowest BCUT2D eigenvalue weighted by atomic mass is 9.94. The number of hydrogen-bond acceptors (Lipinski definition) is 6. The molecule has 1 aromatic heterocycles. The van der Waals surface area contributed by atoms with Crippen molar-refractivity contribution < 1.29 is 14.3 Å². The van der Waals surface area contributed by atoms with Crippen LogP contribution in [0.1, 0.15) is 24.1 Å². The Bertz CT molecular complexity index is 1420. The Kier molecular flexibility index (Phi) is 6.60. The highest BCUT2D eigenvalue weighted by Crippen LogP contribution is 2.43. The largest absolute Gasteiger partial charge is 0.493 e. The van der Waals surface area contributed by atoms with Gasteiger partial charge in [-0.05, 0) is 42.8 Å². The van der Waals surface area contributed by atoms with Crippen molar-refractivity contribution >= 4 is 29.1 Å². The van der Waals surface area contributed by atoms with Crippen molar-refractivity contribution in [1.29, 1.82) is 0 Å². The zero-order valence-electron chi connectivity index (χ0n) is 19.7. The van der Waals surface area contributed by atoms with Gasteiger partial charge in [0.15, 0.2) is 11.5 Å². The molecule has 9 heteroatoms. The van der Waals surface area contributed by atoms with E-state index in [1.165, 1.54) is 6.33 Å². The Morgan fingerprint density at radius 2 is 1.86 bits per heavy atom. The van der Waals surface area contributed by atoms with E-state index in [2.05, 4.69) is 20.7 Å². The van der Waals surface area contributed by atoms with E-state index in [4.69, 9.17) is 21.1 Å². The number of rotatable bonds is 7. The molecule has 2 N–H and O–H groups in total. The Labute approximate surface area is 213 Å². The van der Waals surface area contributed by atoms with Crippen LogP contribution in [0, 0.1) is 0 Å². The molecule has 1 amide bonds. The fourth-order valence-corrected chi connectivity index (χ4v) is 4.32. The summed E-state index contributed by atoms with van der Waals surface area (Å²) in [5.74, 6) is 1.33. The van der Waals surface area contributed by atoms with Gasteiger partial charge in [-0.15, -0.1) is 0 Å². The van der Waals surface area contributed by atoms with Gasteiger partial charge in [0.05, 0.1) is 12.7 Å². The average Bonchev–Trinajstić information content (AvgIpc) is 3.36. The first-order valence-corrected chi connectivity index (χ1v) is 11.7. The molecule has 5 rings (SSSR count). The first-order valence-electron chi connectivity index (χ1n) is 11.3. The van der Waals surface area contributed by atoms with Crippen LogP contribution in [0.3, 0.4) is 0 Å². The lowest BCUT2D eigenvalue weighted by Crippen LogP contribution is -2.31. The normalized spacial score (nSPS) is 14.6. The Balaban J connectivity index is 1.57. The molecular weight excluding hydrogens is 478 g/mol. The number of allylic oxidation sites excluding steroid dienone is 1. The molecule has 1 aliphatic heterocycles. The Morgan fingerprint density at radius 1 is 1.08 bits per heavy atom. The smallest absolute Gasteiger partial charge is 0.255 e. The fraction of sp³-hybridized carbons (Fsp3) is 0.148. The van der Waals surface area contributed by atoms with Gasteiger partial charge in [0.1, 0.15) is 19.0 Å². The van der Waals surface area contributed by atoms with Crippen molar-refractivity contribution in [3.05, 3.63) is 107 Å². The minimum absolute atomic E-state index is 0.260. The second kappa shape index (κ2) is 10.1. The molecule has 2 heterocycles. The zero-order chi connectivity index (χ0) is 25.1. The Hall–Kier alpha value is -4.30. The molecule has 1 atom stereocenters. The van der Waals surface area contributed by atoms with Crippen LogP contribution < -0.4 is 20.1 Å². The number of aromatic nitrogens is 3. The summed E-state index contributed by atoms with van der Waals surface area (Å²) in [4.78, 5) is 17.9. The Morgan fingerprint density at radius 3 is 2.61 bits per heavy atom. The van der Waals surface area contributed by atoms with Crippen LogP contribution in [0.25, 0.3) is 0 Å². The summed E-state index contributed by atoms with van der Waals surface area (Å²) in [6.07, 6.45) is 1.45. The van der Waals surface area contributed by atoms with Gasteiger partial charge in [-0.3, -0.25) is 4.79 Å². The van der Waals surface area contributed by atoms with Crippen LogP contribution in [0.15, 0.2) is 90.4 Å². The number of para-hydroxylation sites is 2. The number of hydrogen-bond donors (Lipinski definition) is 2. The molecule has 182 valence electrons. The summed E-state index contributed by atoms with van der Waals surface area (Å²) in [5.41, 5.74) is 3.50. The van der Waals surface area contributed by atoms with Crippen LogP contribution in [0.2, 0.25) is 5.02 Å². The summed E-state index contributed by atoms with van der Waals surface area (Å²) in [5, 5.41) is 11.3. The minimum atomic E-state index is -0.609. The van der Waals surface area contributed by atoms with E-state index in [-0.39, 0.29) is 12.5 Å². The molecule has 8 nitrogen and oxygen atoms in total. The molecule has 0 fully saturated rings. The number of fused-ring (bicyclic) bond motifs is 1. The molecule has 0 bridgehead atoms. The SMILES string of the molecule is COc1cccc([C@@H]2C(C(=O)Nc3ccccc3)=C(C)Nc3ncnn32)c1OCc1ccc(Cl)cc1. The van der Waals surface area contributed by atoms with E-state index in [1.807, 2.05) is 79.7 Å². The number of carbonyl (C=O) groups is 1. The molecule has 1 aliphatic rings. The van der Waals surface area contributed by atoms with Gasteiger partial charge in [0.2, 0.25) is 5.95 Å². The number of carbonyl (C=O) groups excluding carboxylic acids is 1. The summed E-state index contributed by atoms with van der Waals surface area (Å²) in [7, 11) is 1.59. The second-order valence-electron chi connectivity index (χ2n) is 8.21. The van der Waals surface area contributed by atoms with E-state index in [1.54, 1.807) is 11.8 Å². The number of halogens is 1. The topological polar surface area (TPSA) is 90.3 Å². The summed E-state index contributed by atoms with van der Waals surface area (Å²) < 4.78 is 13.6. The standard InChI is InChI=1S/C27H24ClN5O3/c1-17-23(26(34)32-20-7-4-3-5-8-20)24(33-27(31-17)29-16-30-33)21-9-6-10-22(35-2)25(21)36-15-18-11-13-19(28)14-12-18/h3-14,16,24H,15H2,1-2H3,(H,32,34)(H,29,30,31)/t24-/m1/s1. The highest BCUT2D eigenvalue weighted by molar-refractivity contribution is 6.30. The van der Waals surface area contributed by atoms with Gasteiger partial charge in [-0.25, -0.2) is 4.68 Å². The van der Waals surface area contributed by atoms with Crippen molar-refractivity contribution in [3.8, 4) is 11.5 Å². The molecule has 36 heavy (non-hydrogen) atoms. The molecule has 0 radical (unpaired) electrons. The van der Waals surface area contributed by atoms with Gasteiger partial charge in [0.25, 0.3) is 5.91 Å². The monoisotopic (exact) mass is 501 g/mol. The molecule has 0 spiro atoms. The number of anilines is 2. The predicted molar refractivity (Wildman–Crippen MR) is 138 cm³/mol. The molecular formula is C27H24ClN5O3. The van der Waals surface area contributed by atoms with Crippen molar-refractivity contribution in [2.45, 2.75) is 19.6 Å². The number of nitrogens with zero attached hydrogens (tertiary/aromatic N) is 3. The number of benzene rings is 3. The molecule has 0 unspecified atom stereocenters. The molecule has 0 saturated heterocycles. The van der Waals surface area contributed by atoms with Crippen LogP contribution in [-0.4, -0.2) is 27.8 Å².